The van der Waals surface area contributed by atoms with E-state index in [1.54, 1.807) is 18.2 Å². The average Bonchev–Trinajstić information content (AvgIpc) is 3.72. The third kappa shape index (κ3) is 4.26. The first kappa shape index (κ1) is 15.2. The van der Waals surface area contributed by atoms with Gasteiger partial charge in [-0.3, -0.25) is 0 Å². The van der Waals surface area contributed by atoms with Gasteiger partial charge in [-0.05, 0) is 54.4 Å². The van der Waals surface area contributed by atoms with E-state index in [-0.39, 0.29) is 49.8 Å². The van der Waals surface area contributed by atoms with Crippen LogP contribution in [0.2, 0.25) is 0 Å². The van der Waals surface area contributed by atoms with E-state index in [4.69, 9.17) is 23.6 Å². The molecule has 228 valence electrons. The summed E-state index contributed by atoms with van der Waals surface area (Å²) in [5.41, 5.74) is -0.987. The third-order valence-electron chi connectivity index (χ3n) is 8.87. The summed E-state index contributed by atoms with van der Waals surface area (Å²) >= 11 is 0. The van der Waals surface area contributed by atoms with Crippen LogP contribution in [0, 0.1) is 0 Å². The second-order valence-electron chi connectivity index (χ2n) is 11.4. The quantitative estimate of drug-likeness (QED) is 0.138. The Morgan fingerprint density at radius 1 is 0.367 bits per heavy atom. The van der Waals surface area contributed by atoms with Crippen molar-refractivity contribution in [3.63, 3.8) is 0 Å². The third-order valence-corrected chi connectivity index (χ3v) is 8.87. The summed E-state index contributed by atoms with van der Waals surface area (Å²) in [6, 6.07) is 8.53. The number of fused-ring (bicyclic) bond motifs is 6. The number of rotatable bonds is 4. The van der Waals surface area contributed by atoms with E-state index in [0.717, 1.165) is 16.2 Å². The maximum absolute atomic E-state index is 9.65. The van der Waals surface area contributed by atoms with Crippen molar-refractivity contribution in [2.45, 2.75) is 0 Å². The molecule has 0 bridgehead atoms. The zero-order valence-electron chi connectivity index (χ0n) is 43.3. The Hall–Kier alpha value is -6.44. The van der Waals surface area contributed by atoms with E-state index in [9.17, 15) is 5.48 Å². The summed E-state index contributed by atoms with van der Waals surface area (Å²) in [5.74, 6) is 0.00903. The molecule has 0 N–H and O–H groups in total. The molecule has 1 nitrogen and oxygen atoms in total. The smallest absolute Gasteiger partial charge is 0.143 e. The second-order valence-corrected chi connectivity index (χ2v) is 11.4. The number of hydrogen-bond donors (Lipinski definition) is 0. The molecule has 0 amide bonds. The molecule has 10 rings (SSSR count). The standard InChI is InChI=1S/C48H30O/c1-3-15-31(16-4-1)36-26-14-28-42-46(48(49-47(36)42)41-27-13-20-34-30-29-32-17-7-8-21-35(32)43(34)41)45-39-24-11-9-22-37(39)44(33-18-5-2-6-19-33)38-23-10-12-25-40(38)45/h1-30H/i1D,2D,3D,4D,5D,6D,9D,10D,11D,12D,15D,16D,18D,19D,22D,23D,24D,25D. The van der Waals surface area contributed by atoms with Gasteiger partial charge in [0.1, 0.15) is 11.3 Å². The van der Waals surface area contributed by atoms with E-state index < -0.39 is 131 Å². The van der Waals surface area contributed by atoms with Gasteiger partial charge in [0.15, 0.2) is 0 Å². The minimum atomic E-state index is -0.797. The van der Waals surface area contributed by atoms with Crippen LogP contribution in [-0.2, 0) is 0 Å². The predicted octanol–water partition coefficient (Wildman–Crippen LogP) is 13.7. The Balaban J connectivity index is 1.55. The van der Waals surface area contributed by atoms with E-state index in [1.165, 1.54) is 12.1 Å². The van der Waals surface area contributed by atoms with Gasteiger partial charge in [0.2, 0.25) is 0 Å². The Morgan fingerprint density at radius 2 is 0.898 bits per heavy atom. The maximum atomic E-state index is 9.65. The molecular weight excluding hydrogens is 593 g/mol. The van der Waals surface area contributed by atoms with Crippen LogP contribution >= 0.6 is 0 Å². The molecule has 0 aliphatic rings. The van der Waals surface area contributed by atoms with E-state index in [0.29, 0.717) is 10.9 Å². The van der Waals surface area contributed by atoms with Gasteiger partial charge in [0.05, 0.1) is 24.7 Å². The molecule has 0 atom stereocenters. The van der Waals surface area contributed by atoms with Gasteiger partial charge in [-0.2, -0.15) is 0 Å². The Morgan fingerprint density at radius 3 is 1.61 bits per heavy atom. The van der Waals surface area contributed by atoms with Gasteiger partial charge in [-0.1, -0.05) is 182 Å². The van der Waals surface area contributed by atoms with Crippen molar-refractivity contribution in [3.8, 4) is 44.7 Å². The molecule has 10 aromatic rings. The SMILES string of the molecule is [2H]c1c([2H])c([2H])c(-c2cccc3c(-c4c5c([2H])c([2H])c([2H])c([2H])c5c(-c5c([2H])c([2H])c([2H])c([2H])c5[2H])c5c([2H])c([2H])c([2H])c([2H])c45)c(-c4cccc5ccc6ccccc6c45)oc23)c([2H])c1[2H]. The van der Waals surface area contributed by atoms with Crippen molar-refractivity contribution < 1.29 is 29.1 Å². The lowest BCUT2D eigenvalue weighted by Crippen LogP contribution is -1.92. The van der Waals surface area contributed by atoms with Gasteiger partial charge >= 0.3 is 0 Å². The van der Waals surface area contributed by atoms with Crippen LogP contribution < -0.4 is 0 Å². The van der Waals surface area contributed by atoms with Gasteiger partial charge in [-0.25, -0.2) is 0 Å². The Labute approximate surface area is 309 Å². The number of furan rings is 1. The van der Waals surface area contributed by atoms with Crippen LogP contribution in [0.15, 0.2) is 186 Å². The topological polar surface area (TPSA) is 13.1 Å². The van der Waals surface area contributed by atoms with Crippen molar-refractivity contribution in [2.24, 2.45) is 0 Å². The minimum absolute atomic E-state index is 0.00903. The van der Waals surface area contributed by atoms with Crippen molar-refractivity contribution in [1.82, 2.24) is 0 Å². The summed E-state index contributed by atoms with van der Waals surface area (Å²) in [4.78, 5) is 0. The lowest BCUT2D eigenvalue weighted by atomic mass is 9.84. The molecule has 0 saturated carbocycles. The Kier molecular flexibility index (Phi) is 3.43. The molecule has 0 aliphatic heterocycles. The van der Waals surface area contributed by atoms with Crippen LogP contribution in [0.3, 0.4) is 0 Å². The van der Waals surface area contributed by atoms with Crippen LogP contribution in [0.1, 0.15) is 24.7 Å². The normalized spacial score (nSPS) is 16.8. The highest BCUT2D eigenvalue weighted by atomic mass is 16.3. The van der Waals surface area contributed by atoms with E-state index in [2.05, 4.69) is 0 Å². The first-order valence-electron chi connectivity index (χ1n) is 24.4. The van der Waals surface area contributed by atoms with Crippen LogP contribution in [-0.4, -0.2) is 0 Å². The highest BCUT2D eigenvalue weighted by molar-refractivity contribution is 6.26. The molecule has 0 radical (unpaired) electrons. The van der Waals surface area contributed by atoms with E-state index in [1.807, 2.05) is 42.5 Å². The molecule has 1 aromatic heterocycles. The molecular formula is C48H30O. The molecule has 9 aromatic carbocycles. The van der Waals surface area contributed by atoms with Crippen LogP contribution in [0.25, 0.3) is 98.8 Å². The lowest BCUT2D eigenvalue weighted by Gasteiger charge is -2.18. The van der Waals surface area contributed by atoms with Gasteiger partial charge in [0.25, 0.3) is 0 Å². The lowest BCUT2D eigenvalue weighted by molar-refractivity contribution is 0.634. The molecule has 0 spiro atoms. The van der Waals surface area contributed by atoms with Gasteiger partial charge in [-0.15, -0.1) is 0 Å². The fraction of sp³-hybridized carbons (Fsp3) is 0. The fourth-order valence-electron chi connectivity index (χ4n) is 6.89. The summed E-state index contributed by atoms with van der Waals surface area (Å²) in [5, 5.41) is 1.63. The van der Waals surface area contributed by atoms with Gasteiger partial charge in [0, 0.05) is 33.0 Å². The summed E-state index contributed by atoms with van der Waals surface area (Å²) in [6.45, 7) is 0. The molecule has 1 heterocycles. The number of hydrogen-bond acceptors (Lipinski definition) is 1. The summed E-state index contributed by atoms with van der Waals surface area (Å²) in [6.07, 6.45) is 0. The predicted molar refractivity (Wildman–Crippen MR) is 208 cm³/mol. The molecule has 0 fully saturated rings. The van der Waals surface area contributed by atoms with Crippen molar-refractivity contribution >= 4 is 54.1 Å². The first-order chi connectivity index (χ1) is 31.8. The summed E-state index contributed by atoms with van der Waals surface area (Å²) < 4.78 is 168. The monoisotopic (exact) mass is 640 g/mol. The largest absolute Gasteiger partial charge is 0.455 e. The van der Waals surface area contributed by atoms with Crippen molar-refractivity contribution in [1.29, 1.82) is 0 Å². The summed E-state index contributed by atoms with van der Waals surface area (Å²) in [7, 11) is 0. The fourth-order valence-corrected chi connectivity index (χ4v) is 6.89. The van der Waals surface area contributed by atoms with Crippen molar-refractivity contribution in [2.75, 3.05) is 0 Å². The zero-order chi connectivity index (χ0) is 48.0. The minimum Gasteiger partial charge on any atom is -0.455 e. The number of benzene rings is 9. The zero-order valence-corrected chi connectivity index (χ0v) is 25.3. The average molecular weight is 641 g/mol. The molecule has 0 saturated heterocycles. The molecule has 1 heteroatoms. The maximum Gasteiger partial charge on any atom is 0.143 e. The molecule has 49 heavy (non-hydrogen) atoms. The second kappa shape index (κ2) is 11.1. The highest BCUT2D eigenvalue weighted by Crippen LogP contribution is 2.52. The van der Waals surface area contributed by atoms with Crippen LogP contribution in [0.4, 0.5) is 0 Å². The highest BCUT2D eigenvalue weighted by Gasteiger charge is 2.26. The molecule has 0 aliphatic carbocycles. The van der Waals surface area contributed by atoms with Crippen LogP contribution in [0.5, 0.6) is 0 Å². The molecule has 0 unspecified atom stereocenters. The number of para-hydroxylation sites is 1. The van der Waals surface area contributed by atoms with Gasteiger partial charge < -0.3 is 4.42 Å². The van der Waals surface area contributed by atoms with Crippen molar-refractivity contribution in [3.05, 3.63) is 182 Å². The Bertz CT molecular complexity index is 3770. The first-order valence-corrected chi connectivity index (χ1v) is 15.4. The van der Waals surface area contributed by atoms with E-state index >= 15 is 0 Å².